The number of carbonyl (C=O) groups is 1. The van der Waals surface area contributed by atoms with Crippen molar-refractivity contribution in [3.05, 3.63) is 38.5 Å². The van der Waals surface area contributed by atoms with Crippen LogP contribution >= 0.6 is 11.3 Å². The summed E-state index contributed by atoms with van der Waals surface area (Å²) in [5.41, 5.74) is 0.409. The molecule has 21 heavy (non-hydrogen) atoms. The molecule has 0 aromatic carbocycles. The smallest absolute Gasteiger partial charge is 0.337 e. The molecule has 0 fully saturated rings. The highest BCUT2D eigenvalue weighted by Crippen LogP contribution is 2.33. The number of aromatic carboxylic acids is 1. The molecule has 0 radical (unpaired) electrons. The Balaban J connectivity index is 1.93. The monoisotopic (exact) mass is 306 g/mol. The first-order valence-corrected chi connectivity index (χ1v) is 6.99. The Morgan fingerprint density at radius 3 is 2.95 bits per heavy atom. The number of thiazole rings is 1. The van der Waals surface area contributed by atoms with Crippen molar-refractivity contribution in [1.29, 1.82) is 0 Å². The van der Waals surface area contributed by atoms with Gasteiger partial charge in [0.1, 0.15) is 0 Å². The van der Waals surface area contributed by atoms with E-state index in [1.54, 1.807) is 0 Å². The van der Waals surface area contributed by atoms with Crippen molar-refractivity contribution in [2.45, 2.75) is 19.3 Å². The molecule has 1 aliphatic rings. The van der Waals surface area contributed by atoms with E-state index in [1.807, 2.05) is 0 Å². The van der Waals surface area contributed by atoms with Gasteiger partial charge < -0.3 is 10.4 Å². The minimum absolute atomic E-state index is 0.00239. The average Bonchev–Trinajstić information content (AvgIpc) is 2.99. The minimum atomic E-state index is -1.26. The van der Waals surface area contributed by atoms with Crippen molar-refractivity contribution in [2.75, 3.05) is 5.32 Å². The molecule has 3 rings (SSSR count). The quantitative estimate of drug-likeness (QED) is 0.657. The first-order chi connectivity index (χ1) is 10.0. The van der Waals surface area contributed by atoms with E-state index in [-0.39, 0.29) is 17.1 Å². The van der Waals surface area contributed by atoms with E-state index in [1.165, 1.54) is 16.2 Å². The van der Waals surface area contributed by atoms with Crippen LogP contribution in [0.4, 0.5) is 16.6 Å². The third kappa shape index (κ3) is 2.55. The van der Waals surface area contributed by atoms with Crippen LogP contribution < -0.4 is 5.32 Å². The number of nitro groups is 1. The number of nitrogens with one attached hydrogen (secondary N) is 1. The van der Waals surface area contributed by atoms with Crippen molar-refractivity contribution in [3.63, 3.8) is 0 Å². The van der Waals surface area contributed by atoms with Gasteiger partial charge in [0.05, 0.1) is 16.2 Å². The summed E-state index contributed by atoms with van der Waals surface area (Å²) in [6.07, 6.45) is 4.06. The lowest BCUT2D eigenvalue weighted by atomic mass is 10.2. The van der Waals surface area contributed by atoms with Crippen LogP contribution in [0.1, 0.15) is 27.3 Å². The summed E-state index contributed by atoms with van der Waals surface area (Å²) in [4.78, 5) is 30.6. The van der Waals surface area contributed by atoms with E-state index < -0.39 is 10.9 Å². The van der Waals surface area contributed by atoms with Crippen LogP contribution in [0.2, 0.25) is 0 Å². The molecule has 0 saturated heterocycles. The lowest BCUT2D eigenvalue weighted by Crippen LogP contribution is -2.04. The number of pyridine rings is 1. The first kappa shape index (κ1) is 13.4. The molecule has 0 aliphatic heterocycles. The SMILES string of the molecule is O=C(O)c1cnc(Nc2nc3c(s2)CCC3)c([N+](=O)[O-])c1. The predicted molar refractivity (Wildman–Crippen MR) is 75.3 cm³/mol. The second kappa shape index (κ2) is 5.09. The van der Waals surface area contributed by atoms with Crippen molar-refractivity contribution < 1.29 is 14.8 Å². The summed E-state index contributed by atoms with van der Waals surface area (Å²) >= 11 is 1.45. The maximum atomic E-state index is 11.0. The van der Waals surface area contributed by atoms with Crippen molar-refractivity contribution in [2.24, 2.45) is 0 Å². The van der Waals surface area contributed by atoms with Gasteiger partial charge in [-0.3, -0.25) is 10.1 Å². The lowest BCUT2D eigenvalue weighted by Gasteiger charge is -2.03. The third-order valence-electron chi connectivity index (χ3n) is 3.13. The summed E-state index contributed by atoms with van der Waals surface area (Å²) in [5.74, 6) is -1.26. The number of carboxylic acid groups (broad SMARTS) is 1. The summed E-state index contributed by atoms with van der Waals surface area (Å²) < 4.78 is 0. The molecule has 0 atom stereocenters. The number of rotatable bonds is 4. The molecule has 2 aromatic heterocycles. The number of hydrogen-bond donors (Lipinski definition) is 2. The minimum Gasteiger partial charge on any atom is -0.478 e. The third-order valence-corrected chi connectivity index (χ3v) is 4.21. The van der Waals surface area contributed by atoms with Crippen LogP contribution in [-0.2, 0) is 12.8 Å². The highest BCUT2D eigenvalue weighted by atomic mass is 32.1. The van der Waals surface area contributed by atoms with E-state index in [4.69, 9.17) is 5.11 Å². The van der Waals surface area contributed by atoms with Crippen LogP contribution in [0.5, 0.6) is 0 Å². The Kier molecular flexibility index (Phi) is 3.26. The lowest BCUT2D eigenvalue weighted by molar-refractivity contribution is -0.384. The molecule has 1 aliphatic carbocycles. The molecule has 2 heterocycles. The average molecular weight is 306 g/mol. The molecule has 0 bridgehead atoms. The van der Waals surface area contributed by atoms with Crippen LogP contribution in [0.3, 0.4) is 0 Å². The maximum absolute atomic E-state index is 11.0. The molecule has 9 heteroatoms. The summed E-state index contributed by atoms with van der Waals surface area (Å²) in [6, 6.07) is 0.985. The van der Waals surface area contributed by atoms with E-state index >= 15 is 0 Å². The molecule has 2 aromatic rings. The van der Waals surface area contributed by atoms with E-state index in [0.29, 0.717) is 5.13 Å². The van der Waals surface area contributed by atoms with Gasteiger partial charge >= 0.3 is 11.7 Å². The number of carboxylic acids is 1. The molecule has 108 valence electrons. The van der Waals surface area contributed by atoms with Crippen molar-refractivity contribution in [1.82, 2.24) is 9.97 Å². The largest absolute Gasteiger partial charge is 0.478 e. The Hall–Kier alpha value is -2.55. The van der Waals surface area contributed by atoms with Gasteiger partial charge in [-0.15, -0.1) is 11.3 Å². The molecule has 2 N–H and O–H groups in total. The van der Waals surface area contributed by atoms with Gasteiger partial charge in [-0.1, -0.05) is 0 Å². The van der Waals surface area contributed by atoms with E-state index in [0.717, 1.165) is 37.2 Å². The second-order valence-electron chi connectivity index (χ2n) is 4.52. The van der Waals surface area contributed by atoms with Gasteiger partial charge in [0.2, 0.25) is 5.82 Å². The normalized spacial score (nSPS) is 13.0. The molecular formula is C12H10N4O4S. The Morgan fingerprint density at radius 2 is 2.29 bits per heavy atom. The topological polar surface area (TPSA) is 118 Å². The Bertz CT molecular complexity index is 721. The van der Waals surface area contributed by atoms with Gasteiger partial charge in [0.25, 0.3) is 0 Å². The molecule has 0 saturated carbocycles. The fourth-order valence-corrected chi connectivity index (χ4v) is 3.20. The fourth-order valence-electron chi connectivity index (χ4n) is 2.15. The number of anilines is 2. The number of nitrogens with zero attached hydrogens (tertiary/aromatic N) is 3. The van der Waals surface area contributed by atoms with Gasteiger partial charge in [-0.05, 0) is 19.3 Å². The van der Waals surface area contributed by atoms with Gasteiger partial charge in [-0.2, -0.15) is 0 Å². The summed E-state index contributed by atoms with van der Waals surface area (Å²) in [5, 5.41) is 23.3. The molecule has 8 nitrogen and oxygen atoms in total. The molecule has 0 unspecified atom stereocenters. The van der Waals surface area contributed by atoms with E-state index in [2.05, 4.69) is 15.3 Å². The standard InChI is InChI=1S/C12H10N4O4S/c17-11(18)6-4-8(16(19)20)10(13-5-6)15-12-14-7-2-1-3-9(7)21-12/h4-5H,1-3H2,(H,17,18)(H,13,14,15). The van der Waals surface area contributed by atoms with Crippen LogP contribution in [-0.4, -0.2) is 26.0 Å². The van der Waals surface area contributed by atoms with Gasteiger partial charge in [0.15, 0.2) is 5.13 Å². The van der Waals surface area contributed by atoms with Crippen LogP contribution in [0.15, 0.2) is 12.3 Å². The highest BCUT2D eigenvalue weighted by Gasteiger charge is 2.22. The predicted octanol–water partition coefficient (Wildman–Crippen LogP) is 2.38. The van der Waals surface area contributed by atoms with Gasteiger partial charge in [0, 0.05) is 17.1 Å². The number of aryl methyl sites for hydroxylation is 2. The zero-order chi connectivity index (χ0) is 15.0. The highest BCUT2D eigenvalue weighted by molar-refractivity contribution is 7.15. The Morgan fingerprint density at radius 1 is 1.48 bits per heavy atom. The van der Waals surface area contributed by atoms with Crippen LogP contribution in [0.25, 0.3) is 0 Å². The van der Waals surface area contributed by atoms with E-state index in [9.17, 15) is 14.9 Å². The maximum Gasteiger partial charge on any atom is 0.337 e. The number of hydrogen-bond acceptors (Lipinski definition) is 7. The summed E-state index contributed by atoms with van der Waals surface area (Å²) in [6.45, 7) is 0. The van der Waals surface area contributed by atoms with Crippen LogP contribution in [0, 0.1) is 10.1 Å². The van der Waals surface area contributed by atoms with Gasteiger partial charge in [-0.25, -0.2) is 14.8 Å². The van der Waals surface area contributed by atoms with Crippen molar-refractivity contribution in [3.8, 4) is 0 Å². The number of fused-ring (bicyclic) bond motifs is 1. The Labute approximate surface area is 122 Å². The number of aromatic nitrogens is 2. The molecule has 0 spiro atoms. The molecular weight excluding hydrogens is 296 g/mol. The molecule has 0 amide bonds. The zero-order valence-corrected chi connectivity index (χ0v) is 11.5. The van der Waals surface area contributed by atoms with Crippen molar-refractivity contribution >= 4 is 33.9 Å². The fraction of sp³-hybridized carbons (Fsp3) is 0.250. The summed E-state index contributed by atoms with van der Waals surface area (Å²) in [7, 11) is 0. The zero-order valence-electron chi connectivity index (χ0n) is 10.7. The first-order valence-electron chi connectivity index (χ1n) is 6.18. The second-order valence-corrected chi connectivity index (χ2v) is 5.61.